The van der Waals surface area contributed by atoms with Crippen LogP contribution in [0.25, 0.3) is 0 Å². The monoisotopic (exact) mass is 184 g/mol. The zero-order valence-electron chi connectivity index (χ0n) is 6.48. The molecule has 0 unspecified atom stereocenters. The molecule has 0 heterocycles. The highest BCUT2D eigenvalue weighted by Gasteiger charge is 2.10. The number of rotatable bonds is 3. The SMILES string of the molecule is CSNc1ccccc1[N+](=O)[O-]. The van der Waals surface area contributed by atoms with E-state index in [1.807, 2.05) is 6.26 Å². The van der Waals surface area contributed by atoms with Gasteiger partial charge in [0.1, 0.15) is 5.69 Å². The highest BCUT2D eigenvalue weighted by Crippen LogP contribution is 2.24. The molecule has 12 heavy (non-hydrogen) atoms. The molecule has 0 aromatic heterocycles. The Morgan fingerprint density at radius 3 is 2.75 bits per heavy atom. The first-order chi connectivity index (χ1) is 5.75. The van der Waals surface area contributed by atoms with Gasteiger partial charge in [0.25, 0.3) is 5.69 Å². The van der Waals surface area contributed by atoms with Crippen molar-refractivity contribution in [3.63, 3.8) is 0 Å². The molecule has 0 aliphatic heterocycles. The van der Waals surface area contributed by atoms with Crippen LogP contribution < -0.4 is 4.72 Å². The van der Waals surface area contributed by atoms with Crippen LogP contribution in [-0.4, -0.2) is 11.2 Å². The van der Waals surface area contributed by atoms with Crippen molar-refractivity contribution in [3.05, 3.63) is 34.4 Å². The Hall–Kier alpha value is -1.23. The van der Waals surface area contributed by atoms with Crippen LogP contribution in [0.5, 0.6) is 0 Å². The van der Waals surface area contributed by atoms with E-state index >= 15 is 0 Å². The number of hydrogen-bond donors (Lipinski definition) is 1. The van der Waals surface area contributed by atoms with Crippen molar-refractivity contribution in [2.75, 3.05) is 11.0 Å². The van der Waals surface area contributed by atoms with Crippen molar-refractivity contribution in [1.29, 1.82) is 0 Å². The molecule has 0 bridgehead atoms. The fourth-order valence-corrected chi connectivity index (χ4v) is 1.22. The van der Waals surface area contributed by atoms with Gasteiger partial charge in [0.15, 0.2) is 0 Å². The molecular weight excluding hydrogens is 176 g/mol. The summed E-state index contributed by atoms with van der Waals surface area (Å²) in [5, 5.41) is 10.5. The molecule has 5 heteroatoms. The van der Waals surface area contributed by atoms with Gasteiger partial charge < -0.3 is 4.72 Å². The normalized spacial score (nSPS) is 9.42. The van der Waals surface area contributed by atoms with E-state index in [1.54, 1.807) is 18.2 Å². The highest BCUT2D eigenvalue weighted by molar-refractivity contribution is 7.99. The second-order valence-electron chi connectivity index (χ2n) is 2.08. The smallest absolute Gasteiger partial charge is 0.293 e. The van der Waals surface area contributed by atoms with E-state index in [-0.39, 0.29) is 5.69 Å². The largest absolute Gasteiger partial charge is 0.324 e. The third-order valence-corrected chi connectivity index (χ3v) is 1.74. The summed E-state index contributed by atoms with van der Waals surface area (Å²) in [4.78, 5) is 10.0. The number of anilines is 1. The maximum Gasteiger partial charge on any atom is 0.293 e. The predicted octanol–water partition coefficient (Wildman–Crippen LogP) is 2.28. The number of para-hydroxylation sites is 2. The van der Waals surface area contributed by atoms with Crippen LogP contribution in [0.15, 0.2) is 24.3 Å². The summed E-state index contributed by atoms with van der Waals surface area (Å²) in [6, 6.07) is 6.54. The van der Waals surface area contributed by atoms with E-state index in [0.29, 0.717) is 5.69 Å². The van der Waals surface area contributed by atoms with Crippen molar-refractivity contribution < 1.29 is 4.92 Å². The number of nitrogens with zero attached hydrogens (tertiary/aromatic N) is 1. The summed E-state index contributed by atoms with van der Waals surface area (Å²) in [6.45, 7) is 0. The van der Waals surface area contributed by atoms with Gasteiger partial charge in [-0.1, -0.05) is 24.1 Å². The molecule has 0 aliphatic carbocycles. The van der Waals surface area contributed by atoms with Crippen LogP contribution in [0.2, 0.25) is 0 Å². The maximum atomic E-state index is 10.5. The molecule has 0 atom stereocenters. The molecule has 4 nitrogen and oxygen atoms in total. The lowest BCUT2D eigenvalue weighted by atomic mass is 10.3. The molecule has 0 radical (unpaired) electrons. The minimum Gasteiger partial charge on any atom is -0.324 e. The number of nitro benzene ring substituents is 1. The Bertz CT molecular complexity index is 290. The summed E-state index contributed by atoms with van der Waals surface area (Å²) in [7, 11) is 0. The summed E-state index contributed by atoms with van der Waals surface area (Å²) < 4.78 is 2.83. The van der Waals surface area contributed by atoms with Gasteiger partial charge >= 0.3 is 0 Å². The standard InChI is InChI=1S/C7H8N2O2S/c1-12-8-6-4-2-3-5-7(6)9(10)11/h2-5,8H,1H3. The lowest BCUT2D eigenvalue weighted by Gasteiger charge is -2.01. The minimum atomic E-state index is -0.404. The van der Waals surface area contributed by atoms with Gasteiger partial charge in [0.05, 0.1) is 4.92 Å². The van der Waals surface area contributed by atoms with E-state index in [0.717, 1.165) is 0 Å². The number of nitrogens with one attached hydrogen (secondary N) is 1. The topological polar surface area (TPSA) is 55.2 Å². The summed E-state index contributed by atoms with van der Waals surface area (Å²) >= 11 is 1.33. The number of nitro groups is 1. The summed E-state index contributed by atoms with van der Waals surface area (Å²) in [5.41, 5.74) is 0.641. The molecule has 0 fully saturated rings. The second-order valence-corrected chi connectivity index (χ2v) is 2.69. The third kappa shape index (κ3) is 1.88. The molecule has 0 amide bonds. The molecule has 1 aromatic carbocycles. The van der Waals surface area contributed by atoms with E-state index in [1.165, 1.54) is 18.0 Å². The molecule has 0 saturated heterocycles. The number of benzene rings is 1. The van der Waals surface area contributed by atoms with E-state index in [9.17, 15) is 10.1 Å². The number of hydrogen-bond acceptors (Lipinski definition) is 4. The summed E-state index contributed by atoms with van der Waals surface area (Å²) in [5.74, 6) is 0. The molecule has 1 rings (SSSR count). The molecular formula is C7H8N2O2S. The minimum absolute atomic E-state index is 0.104. The van der Waals surface area contributed by atoms with Crippen LogP contribution in [0.3, 0.4) is 0 Å². The zero-order valence-corrected chi connectivity index (χ0v) is 7.30. The Labute approximate surface area is 74.3 Å². The van der Waals surface area contributed by atoms with Gasteiger partial charge in [0.2, 0.25) is 0 Å². The van der Waals surface area contributed by atoms with Crippen LogP contribution in [0.4, 0.5) is 11.4 Å². The first kappa shape index (κ1) is 8.86. The van der Waals surface area contributed by atoms with Crippen molar-refractivity contribution in [2.45, 2.75) is 0 Å². The first-order valence-corrected chi connectivity index (χ1v) is 4.50. The predicted molar refractivity (Wildman–Crippen MR) is 50.2 cm³/mol. The van der Waals surface area contributed by atoms with Gasteiger partial charge in [0, 0.05) is 12.3 Å². The first-order valence-electron chi connectivity index (χ1n) is 3.28. The summed E-state index contributed by atoms with van der Waals surface area (Å²) in [6.07, 6.45) is 1.82. The second kappa shape index (κ2) is 3.96. The van der Waals surface area contributed by atoms with Crippen molar-refractivity contribution in [3.8, 4) is 0 Å². The molecule has 64 valence electrons. The lowest BCUT2D eigenvalue weighted by Crippen LogP contribution is -1.93. The van der Waals surface area contributed by atoms with Crippen LogP contribution in [0.1, 0.15) is 0 Å². The van der Waals surface area contributed by atoms with E-state index in [4.69, 9.17) is 0 Å². The fourth-order valence-electron chi connectivity index (χ4n) is 0.829. The Morgan fingerprint density at radius 2 is 2.17 bits per heavy atom. The Morgan fingerprint density at radius 1 is 1.50 bits per heavy atom. The van der Waals surface area contributed by atoms with Crippen LogP contribution in [0, 0.1) is 10.1 Å². The van der Waals surface area contributed by atoms with Gasteiger partial charge in [-0.15, -0.1) is 0 Å². The van der Waals surface area contributed by atoms with E-state index in [2.05, 4.69) is 4.72 Å². The molecule has 0 saturated carbocycles. The average Bonchev–Trinajstić information content (AvgIpc) is 2.05. The zero-order chi connectivity index (χ0) is 8.97. The van der Waals surface area contributed by atoms with Crippen molar-refractivity contribution in [1.82, 2.24) is 0 Å². The quantitative estimate of drug-likeness (QED) is 0.445. The molecule has 0 aliphatic rings. The van der Waals surface area contributed by atoms with Crippen molar-refractivity contribution >= 4 is 23.3 Å². The van der Waals surface area contributed by atoms with Crippen molar-refractivity contribution in [2.24, 2.45) is 0 Å². The lowest BCUT2D eigenvalue weighted by molar-refractivity contribution is -0.383. The van der Waals surface area contributed by atoms with Gasteiger partial charge in [-0.3, -0.25) is 10.1 Å². The van der Waals surface area contributed by atoms with Crippen LogP contribution in [-0.2, 0) is 0 Å². The third-order valence-electron chi connectivity index (χ3n) is 1.31. The molecule has 1 N–H and O–H groups in total. The molecule has 0 spiro atoms. The molecule has 1 aromatic rings. The van der Waals surface area contributed by atoms with Gasteiger partial charge in [-0.25, -0.2) is 0 Å². The van der Waals surface area contributed by atoms with E-state index < -0.39 is 4.92 Å². The maximum absolute atomic E-state index is 10.5. The van der Waals surface area contributed by atoms with Gasteiger partial charge in [-0.2, -0.15) is 0 Å². The fraction of sp³-hybridized carbons (Fsp3) is 0.143. The Balaban J connectivity index is 3.00. The highest BCUT2D eigenvalue weighted by atomic mass is 32.2. The average molecular weight is 184 g/mol. The van der Waals surface area contributed by atoms with Gasteiger partial charge in [-0.05, 0) is 6.07 Å². The van der Waals surface area contributed by atoms with Crippen LogP contribution >= 0.6 is 11.9 Å². The Kier molecular flexibility index (Phi) is 2.93.